The molecule has 1 N–H and O–H groups in total. The number of hydrogen-bond acceptors (Lipinski definition) is 3. The van der Waals surface area contributed by atoms with Crippen molar-refractivity contribution in [1.29, 1.82) is 0 Å². The van der Waals surface area contributed by atoms with Gasteiger partial charge in [0.2, 0.25) is 0 Å². The Balaban J connectivity index is 1.98. The highest BCUT2D eigenvalue weighted by Crippen LogP contribution is 2.20. The number of nitrogens with zero attached hydrogens (tertiary/aromatic N) is 3. The summed E-state index contributed by atoms with van der Waals surface area (Å²) in [6.45, 7) is 3.78. The molecule has 0 aliphatic carbocycles. The average Bonchev–Trinajstić information content (AvgIpc) is 2.82. The van der Waals surface area contributed by atoms with E-state index in [9.17, 15) is 4.79 Å². The number of hydrogen-bond donors (Lipinski definition) is 1. The van der Waals surface area contributed by atoms with Gasteiger partial charge < -0.3 is 0 Å². The molecule has 6 heteroatoms. The summed E-state index contributed by atoms with van der Waals surface area (Å²) < 4.78 is 1.41. The van der Waals surface area contributed by atoms with E-state index >= 15 is 0 Å². The molecule has 2 aromatic carbocycles. The number of nitrogens with one attached hydrogen (secondary N) is 1. The number of rotatable bonds is 3. The van der Waals surface area contributed by atoms with Crippen molar-refractivity contribution in [1.82, 2.24) is 9.78 Å². The topological polar surface area (TPSA) is 62.5 Å². The number of aryl methyl sites for hydroxylation is 2. The predicted octanol–water partition coefficient (Wildman–Crippen LogP) is 4.85. The first kappa shape index (κ1) is 15.2. The maximum absolute atomic E-state index is 12.5. The number of aromatic nitrogens is 2. The zero-order valence-electron chi connectivity index (χ0n) is 12.7. The van der Waals surface area contributed by atoms with Crippen LogP contribution in [0.25, 0.3) is 5.69 Å². The minimum Gasteiger partial charge on any atom is -0.293 e. The van der Waals surface area contributed by atoms with Gasteiger partial charge in [0.1, 0.15) is 0 Å². The lowest BCUT2D eigenvalue weighted by atomic mass is 10.2. The third kappa shape index (κ3) is 3.24. The third-order valence-corrected chi connectivity index (χ3v) is 3.64. The van der Waals surface area contributed by atoms with Crippen LogP contribution in [0.5, 0.6) is 0 Å². The molecule has 0 atom stereocenters. The molecule has 0 unspecified atom stereocenters. The van der Waals surface area contributed by atoms with E-state index in [1.165, 1.54) is 4.68 Å². The molecule has 0 aliphatic heterocycles. The van der Waals surface area contributed by atoms with Gasteiger partial charge in [0, 0.05) is 5.02 Å². The minimum absolute atomic E-state index is 0.263. The first-order chi connectivity index (χ1) is 11.0. The molecule has 0 radical (unpaired) electrons. The Bertz CT molecular complexity index is 923. The van der Waals surface area contributed by atoms with Gasteiger partial charge in [0.15, 0.2) is 5.69 Å². The molecular formula is C17H15ClN4O. The van der Waals surface area contributed by atoms with E-state index in [-0.39, 0.29) is 11.2 Å². The highest BCUT2D eigenvalue weighted by Gasteiger charge is 2.12. The maximum atomic E-state index is 12.5. The summed E-state index contributed by atoms with van der Waals surface area (Å²) in [4.78, 5) is 12.5. The maximum Gasteiger partial charge on any atom is 0.299 e. The van der Waals surface area contributed by atoms with Crippen LogP contribution in [-0.2, 0) is 0 Å². The molecule has 116 valence electrons. The summed E-state index contributed by atoms with van der Waals surface area (Å²) in [5.41, 5.74) is 3.16. The van der Waals surface area contributed by atoms with Crippen LogP contribution in [0.15, 0.2) is 63.6 Å². The van der Waals surface area contributed by atoms with Gasteiger partial charge in [-0.1, -0.05) is 35.4 Å². The summed E-state index contributed by atoms with van der Waals surface area (Å²) in [5.74, 6) is 0. The third-order valence-electron chi connectivity index (χ3n) is 3.41. The van der Waals surface area contributed by atoms with Gasteiger partial charge in [-0.3, -0.25) is 9.89 Å². The Kier molecular flexibility index (Phi) is 4.12. The molecule has 23 heavy (non-hydrogen) atoms. The van der Waals surface area contributed by atoms with Gasteiger partial charge in [-0.25, -0.2) is 4.68 Å². The summed E-state index contributed by atoms with van der Waals surface area (Å²) in [6, 6.07) is 14.7. The molecule has 0 bridgehead atoms. The average molecular weight is 327 g/mol. The second-order valence-electron chi connectivity index (χ2n) is 5.24. The van der Waals surface area contributed by atoms with Crippen LogP contribution in [-0.4, -0.2) is 9.78 Å². The van der Waals surface area contributed by atoms with Crippen molar-refractivity contribution < 1.29 is 0 Å². The highest BCUT2D eigenvalue weighted by molar-refractivity contribution is 6.30. The van der Waals surface area contributed by atoms with E-state index in [0.717, 1.165) is 5.56 Å². The van der Waals surface area contributed by atoms with E-state index in [0.29, 0.717) is 22.1 Å². The number of azo groups is 1. The summed E-state index contributed by atoms with van der Waals surface area (Å²) >= 11 is 5.98. The van der Waals surface area contributed by atoms with Gasteiger partial charge in [0.05, 0.1) is 17.1 Å². The van der Waals surface area contributed by atoms with Crippen molar-refractivity contribution in [3.8, 4) is 5.69 Å². The van der Waals surface area contributed by atoms with Crippen molar-refractivity contribution in [3.05, 3.63) is 75.2 Å². The van der Waals surface area contributed by atoms with E-state index in [4.69, 9.17) is 11.6 Å². The van der Waals surface area contributed by atoms with Crippen LogP contribution in [0.3, 0.4) is 0 Å². The van der Waals surface area contributed by atoms with Gasteiger partial charge >= 0.3 is 0 Å². The number of halogens is 1. The lowest BCUT2D eigenvalue weighted by molar-refractivity contribution is 0.835. The largest absolute Gasteiger partial charge is 0.299 e. The smallest absolute Gasteiger partial charge is 0.293 e. The van der Waals surface area contributed by atoms with Crippen molar-refractivity contribution in [2.75, 3.05) is 0 Å². The number of H-pyrrole nitrogens is 1. The fourth-order valence-electron chi connectivity index (χ4n) is 2.17. The normalized spacial score (nSPS) is 11.3. The molecular weight excluding hydrogens is 312 g/mol. The molecule has 1 heterocycles. The summed E-state index contributed by atoms with van der Waals surface area (Å²) in [5, 5.41) is 11.8. The lowest BCUT2D eigenvalue weighted by Gasteiger charge is -2.00. The zero-order valence-corrected chi connectivity index (χ0v) is 13.5. The van der Waals surface area contributed by atoms with Gasteiger partial charge in [-0.05, 0) is 44.2 Å². The first-order valence-electron chi connectivity index (χ1n) is 7.10. The molecule has 0 amide bonds. The van der Waals surface area contributed by atoms with E-state index in [1.54, 1.807) is 31.2 Å². The van der Waals surface area contributed by atoms with Crippen molar-refractivity contribution in [3.63, 3.8) is 0 Å². The van der Waals surface area contributed by atoms with Crippen molar-refractivity contribution in [2.45, 2.75) is 13.8 Å². The zero-order chi connectivity index (χ0) is 16.4. The van der Waals surface area contributed by atoms with Crippen LogP contribution >= 0.6 is 11.6 Å². The van der Waals surface area contributed by atoms with Crippen LogP contribution in [0, 0.1) is 13.8 Å². The number of aromatic amines is 1. The minimum atomic E-state index is -0.263. The SMILES string of the molecule is Cc1ccc(N=Nc2c(C)[nH]n(-c3cccc(Cl)c3)c2=O)cc1. The molecule has 1 aromatic heterocycles. The molecule has 3 rings (SSSR count). The van der Waals surface area contributed by atoms with Crippen molar-refractivity contribution >= 4 is 23.0 Å². The second-order valence-corrected chi connectivity index (χ2v) is 5.68. The Morgan fingerprint density at radius 2 is 1.78 bits per heavy atom. The summed E-state index contributed by atoms with van der Waals surface area (Å²) in [7, 11) is 0. The molecule has 0 fully saturated rings. The quantitative estimate of drug-likeness (QED) is 0.687. The first-order valence-corrected chi connectivity index (χ1v) is 7.48. The second kappa shape index (κ2) is 6.22. The lowest BCUT2D eigenvalue weighted by Crippen LogP contribution is -2.13. The van der Waals surface area contributed by atoms with E-state index < -0.39 is 0 Å². The summed E-state index contributed by atoms with van der Waals surface area (Å²) in [6.07, 6.45) is 0. The molecule has 3 aromatic rings. The van der Waals surface area contributed by atoms with Crippen LogP contribution in [0.2, 0.25) is 5.02 Å². The van der Waals surface area contributed by atoms with E-state index in [2.05, 4.69) is 15.3 Å². The van der Waals surface area contributed by atoms with Gasteiger partial charge in [-0.15, -0.1) is 5.11 Å². The predicted molar refractivity (Wildman–Crippen MR) is 91.5 cm³/mol. The molecule has 0 saturated heterocycles. The monoisotopic (exact) mass is 326 g/mol. The van der Waals surface area contributed by atoms with Crippen LogP contribution in [0.1, 0.15) is 11.3 Å². The molecule has 5 nitrogen and oxygen atoms in total. The Hall–Kier alpha value is -2.66. The van der Waals surface area contributed by atoms with Gasteiger partial charge in [-0.2, -0.15) is 5.11 Å². The molecule has 0 spiro atoms. The number of benzene rings is 2. The molecule has 0 saturated carbocycles. The van der Waals surface area contributed by atoms with Gasteiger partial charge in [0.25, 0.3) is 5.56 Å². The highest BCUT2D eigenvalue weighted by atomic mass is 35.5. The Morgan fingerprint density at radius 3 is 2.48 bits per heavy atom. The standard InChI is InChI=1S/C17H15ClN4O/c1-11-6-8-14(9-7-11)19-20-16-12(2)21-22(17(16)23)15-5-3-4-13(18)10-15/h3-10,21H,1-2H3. The van der Waals surface area contributed by atoms with Crippen LogP contribution < -0.4 is 5.56 Å². The van der Waals surface area contributed by atoms with Crippen LogP contribution in [0.4, 0.5) is 11.4 Å². The Morgan fingerprint density at radius 1 is 1.04 bits per heavy atom. The fourth-order valence-corrected chi connectivity index (χ4v) is 2.36. The van der Waals surface area contributed by atoms with E-state index in [1.807, 2.05) is 31.2 Å². The molecule has 0 aliphatic rings. The fraction of sp³-hybridized carbons (Fsp3) is 0.118. The Labute approximate surface area is 138 Å². The van der Waals surface area contributed by atoms with Crippen molar-refractivity contribution in [2.24, 2.45) is 10.2 Å².